The number of likely N-dealkylation sites (tertiary alicyclic amines) is 2. The smallest absolute Gasteiger partial charge is 0.407 e. The number of nitrogens with zero attached hydrogens (tertiary/aromatic N) is 6. The summed E-state index contributed by atoms with van der Waals surface area (Å²) < 4.78 is 43.1. The summed E-state index contributed by atoms with van der Waals surface area (Å²) in [6.07, 6.45) is 8.47. The van der Waals surface area contributed by atoms with Crippen LogP contribution < -0.4 is 20.4 Å². The van der Waals surface area contributed by atoms with E-state index in [0.717, 1.165) is 73.6 Å². The van der Waals surface area contributed by atoms with E-state index in [1.54, 1.807) is 9.80 Å². The second kappa shape index (κ2) is 23.7. The van der Waals surface area contributed by atoms with Gasteiger partial charge in [-0.05, 0) is 97.9 Å². The second-order valence-corrected chi connectivity index (χ2v) is 22.1. The topological polar surface area (TPSA) is 181 Å². The Balaban J connectivity index is 0.901. The zero-order valence-electron chi connectivity index (χ0n) is 45.9. The third-order valence-corrected chi connectivity index (χ3v) is 16.6. The number of hydrogen-bond acceptors (Lipinski definition) is 10. The fourth-order valence-corrected chi connectivity index (χ4v) is 12.4. The minimum atomic E-state index is -0.744. The maximum atomic E-state index is 16.7. The number of H-pyrrole nitrogens is 2. The van der Waals surface area contributed by atoms with E-state index in [1.807, 2.05) is 87.5 Å². The lowest BCUT2D eigenvalue weighted by Crippen LogP contribution is -2.51. The number of piperidine rings is 1. The number of hydrogen-bond donors (Lipinski definition) is 4. The number of ether oxygens (including phenoxy) is 2. The van der Waals surface area contributed by atoms with Gasteiger partial charge in [-0.25, -0.2) is 28.3 Å². The molecule has 1 unspecified atom stereocenters. The van der Waals surface area contributed by atoms with Gasteiger partial charge in [-0.15, -0.1) is 0 Å². The molecule has 0 saturated carbocycles. The Morgan fingerprint density at radius 2 is 1.01 bits per heavy atom. The maximum Gasteiger partial charge on any atom is 0.407 e. The summed E-state index contributed by atoms with van der Waals surface area (Å²) in [5.74, 6) is -0.176. The number of benzene rings is 4. The number of aromatic amines is 2. The molecule has 416 valence electrons. The summed E-state index contributed by atoms with van der Waals surface area (Å²) in [6.45, 7) is 9.73. The summed E-state index contributed by atoms with van der Waals surface area (Å²) in [5, 5.41) is 5.42. The number of rotatable bonds is 15. The standard InChI is InChI=1S/C61H72F2N10O6/c1-36(2)53(68-60(76)78-5)58(74)71-28-10-14-51(71)56-64-34-47(66-56)40-16-20-42(21-17-40)49-24-25-50(73(49)44-32-45(62)55(46(63)33-44)70-30-26-39(27-31-70)38-12-8-7-9-13-38)43-22-18-41(19-23-43)48-35-65-57(67-48)52-15-11-29-72(52)59(75)54(37(3)4)69-61(77)79-6/h7-9,12-13,16-23,32-37,39,49-54H,10-11,14-15,24-31H2,1-6H3,(H,64,66)(H,65,67)(H,68,76)(H,69,77)/t49-,50?,51+,52+,53+,54+/m1/s1. The molecule has 4 amide bonds. The van der Waals surface area contributed by atoms with E-state index in [4.69, 9.17) is 19.4 Å². The highest BCUT2D eigenvalue weighted by atomic mass is 19.1. The van der Waals surface area contributed by atoms with Crippen molar-refractivity contribution in [1.82, 2.24) is 40.4 Å². The molecule has 0 radical (unpaired) electrons. The first-order valence-electron chi connectivity index (χ1n) is 27.9. The quantitative estimate of drug-likeness (QED) is 0.0773. The molecule has 2 aromatic heterocycles. The first-order chi connectivity index (χ1) is 38.2. The van der Waals surface area contributed by atoms with E-state index >= 15 is 8.78 Å². The molecule has 10 rings (SSSR count). The lowest BCUT2D eigenvalue weighted by atomic mass is 9.89. The molecule has 79 heavy (non-hydrogen) atoms. The number of amides is 4. The van der Waals surface area contributed by atoms with Crippen molar-refractivity contribution in [2.75, 3.05) is 50.2 Å². The van der Waals surface area contributed by atoms with Gasteiger partial charge in [-0.3, -0.25) is 9.59 Å². The molecule has 6 aromatic rings. The summed E-state index contributed by atoms with van der Waals surface area (Å²) in [7, 11) is 2.56. The van der Waals surface area contributed by atoms with Crippen molar-refractivity contribution in [1.29, 1.82) is 0 Å². The van der Waals surface area contributed by atoms with Crippen LogP contribution in [0.15, 0.2) is 103 Å². The van der Waals surface area contributed by atoms with Gasteiger partial charge in [0.25, 0.3) is 0 Å². The monoisotopic (exact) mass is 1080 g/mol. The van der Waals surface area contributed by atoms with Gasteiger partial charge in [0.2, 0.25) is 11.8 Å². The van der Waals surface area contributed by atoms with Crippen LogP contribution in [0.25, 0.3) is 22.5 Å². The molecule has 0 spiro atoms. The van der Waals surface area contributed by atoms with Crippen LogP contribution in [0.3, 0.4) is 0 Å². The van der Waals surface area contributed by atoms with Crippen LogP contribution >= 0.6 is 0 Å². The number of methoxy groups -OCH3 is 2. The van der Waals surface area contributed by atoms with E-state index in [0.29, 0.717) is 60.8 Å². The van der Waals surface area contributed by atoms with Gasteiger partial charge in [0, 0.05) is 55.4 Å². The molecule has 4 saturated heterocycles. The molecule has 4 N–H and O–H groups in total. The van der Waals surface area contributed by atoms with Crippen molar-refractivity contribution in [3.05, 3.63) is 143 Å². The number of aromatic nitrogens is 4. The number of carbonyl (C=O) groups is 4. The summed E-state index contributed by atoms with van der Waals surface area (Å²) in [5.41, 5.74) is 6.87. The van der Waals surface area contributed by atoms with E-state index in [-0.39, 0.29) is 53.5 Å². The Morgan fingerprint density at radius 1 is 0.570 bits per heavy atom. The number of anilines is 2. The Morgan fingerprint density at radius 3 is 1.43 bits per heavy atom. The number of halogens is 2. The fraction of sp³-hybridized carbons (Fsp3) is 0.443. The van der Waals surface area contributed by atoms with Crippen molar-refractivity contribution in [2.45, 2.75) is 121 Å². The predicted octanol–water partition coefficient (Wildman–Crippen LogP) is 11.3. The van der Waals surface area contributed by atoms with Crippen LogP contribution in [-0.2, 0) is 19.1 Å². The van der Waals surface area contributed by atoms with Crippen molar-refractivity contribution in [3.63, 3.8) is 0 Å². The fourth-order valence-electron chi connectivity index (χ4n) is 12.4. The van der Waals surface area contributed by atoms with Gasteiger partial charge >= 0.3 is 12.2 Å². The number of carbonyl (C=O) groups excluding carboxylic acids is 4. The highest BCUT2D eigenvalue weighted by Crippen LogP contribution is 2.49. The molecule has 0 aliphatic carbocycles. The van der Waals surface area contributed by atoms with Crippen molar-refractivity contribution >= 4 is 35.4 Å². The van der Waals surface area contributed by atoms with Gasteiger partial charge in [0.1, 0.15) is 29.4 Å². The molecule has 18 heteroatoms. The van der Waals surface area contributed by atoms with E-state index in [9.17, 15) is 19.2 Å². The van der Waals surface area contributed by atoms with Crippen LogP contribution in [0.2, 0.25) is 0 Å². The van der Waals surface area contributed by atoms with Crippen LogP contribution in [-0.4, -0.2) is 106 Å². The largest absolute Gasteiger partial charge is 0.453 e. The first-order valence-corrected chi connectivity index (χ1v) is 27.9. The Labute approximate surface area is 460 Å². The zero-order chi connectivity index (χ0) is 55.5. The van der Waals surface area contributed by atoms with Crippen LogP contribution in [0.5, 0.6) is 0 Å². The van der Waals surface area contributed by atoms with E-state index in [1.165, 1.54) is 31.9 Å². The average Bonchev–Trinajstić information content (AvgIpc) is 4.47. The van der Waals surface area contributed by atoms with Crippen molar-refractivity contribution in [2.24, 2.45) is 11.8 Å². The van der Waals surface area contributed by atoms with Crippen LogP contribution in [0.4, 0.5) is 29.7 Å². The lowest BCUT2D eigenvalue weighted by Gasteiger charge is -2.36. The molecular weight excluding hydrogens is 1010 g/mol. The Hall–Kier alpha value is -7.76. The summed E-state index contributed by atoms with van der Waals surface area (Å²) >= 11 is 0. The number of imidazole rings is 2. The van der Waals surface area contributed by atoms with Crippen LogP contribution in [0, 0.1) is 23.5 Å². The van der Waals surface area contributed by atoms with Crippen molar-refractivity contribution < 1.29 is 37.4 Å². The van der Waals surface area contributed by atoms with Gasteiger partial charge in [-0.1, -0.05) is 107 Å². The highest BCUT2D eigenvalue weighted by Gasteiger charge is 2.41. The molecule has 4 aliphatic rings. The van der Waals surface area contributed by atoms with Gasteiger partial charge in [0.05, 0.1) is 49.8 Å². The zero-order valence-corrected chi connectivity index (χ0v) is 45.9. The normalized spacial score (nSPS) is 20.5. The van der Waals surface area contributed by atoms with Gasteiger partial charge < -0.3 is 49.7 Å². The first kappa shape index (κ1) is 54.6. The molecule has 4 aromatic carbocycles. The Bertz CT molecular complexity index is 2930. The van der Waals surface area contributed by atoms with E-state index in [2.05, 4.69) is 61.9 Å². The van der Waals surface area contributed by atoms with Gasteiger partial charge in [-0.2, -0.15) is 0 Å². The Kier molecular flexibility index (Phi) is 16.4. The third-order valence-electron chi connectivity index (χ3n) is 16.6. The number of alkyl carbamates (subject to hydrolysis) is 2. The molecule has 6 atom stereocenters. The highest BCUT2D eigenvalue weighted by molar-refractivity contribution is 5.87. The van der Waals surface area contributed by atoms with E-state index < -0.39 is 35.9 Å². The molecule has 4 aliphatic heterocycles. The second-order valence-electron chi connectivity index (χ2n) is 22.1. The summed E-state index contributed by atoms with van der Waals surface area (Å²) in [6, 6.07) is 27.2. The number of nitrogens with one attached hydrogen (secondary N) is 4. The van der Waals surface area contributed by atoms with Crippen LogP contribution in [0.1, 0.15) is 137 Å². The molecule has 4 fully saturated rings. The van der Waals surface area contributed by atoms with Crippen molar-refractivity contribution in [3.8, 4) is 22.5 Å². The molecule has 16 nitrogen and oxygen atoms in total. The minimum absolute atomic E-state index is 0.0124. The average molecular weight is 1080 g/mol. The maximum absolute atomic E-state index is 16.7. The molecular formula is C61H72F2N10O6. The third kappa shape index (κ3) is 11.4. The molecule has 0 bridgehead atoms. The van der Waals surface area contributed by atoms with Gasteiger partial charge in [0.15, 0.2) is 11.6 Å². The molecule has 6 heterocycles. The predicted molar refractivity (Wildman–Crippen MR) is 298 cm³/mol. The SMILES string of the molecule is COC(=O)N[C@H](C(=O)N1CCC[C@H]1c1nc(-c2ccc(C3CC[C@H](c4ccc(-c5c[nH]c([C@@H]6CCCN6C(=O)[C@@H](NC(=O)OC)C(C)C)n5)cc4)N3c3cc(F)c(N4CCC(c5ccccc5)CC4)c(F)c3)cc2)c[nH]1)C(C)C. The summed E-state index contributed by atoms with van der Waals surface area (Å²) in [4.78, 5) is 76.2. The lowest BCUT2D eigenvalue weighted by molar-refractivity contribution is -0.136. The minimum Gasteiger partial charge on any atom is -0.453 e.